The zero-order chi connectivity index (χ0) is 18.8. The number of aromatic nitrogens is 2. The topological polar surface area (TPSA) is 55.7 Å². The smallest absolute Gasteiger partial charge is 0.140 e. The van der Waals surface area contributed by atoms with Crippen molar-refractivity contribution in [2.45, 2.75) is 32.2 Å². The van der Waals surface area contributed by atoms with E-state index < -0.39 is 0 Å². The minimum Gasteiger partial charge on any atom is -0.396 e. The number of piperidine rings is 1. The molecule has 2 aromatic rings. The van der Waals surface area contributed by atoms with Crippen molar-refractivity contribution >= 4 is 27.4 Å². The molecule has 0 aromatic carbocycles. The van der Waals surface area contributed by atoms with Gasteiger partial charge >= 0.3 is 0 Å². The van der Waals surface area contributed by atoms with Gasteiger partial charge in [-0.25, -0.2) is 9.97 Å². The summed E-state index contributed by atoms with van der Waals surface area (Å²) in [5.41, 5.74) is 0. The lowest BCUT2D eigenvalue weighted by atomic mass is 9.86. The Morgan fingerprint density at radius 1 is 1.19 bits per heavy atom. The number of fused-ring (bicyclic) bond motifs is 1. The average molecular weight is 390 g/mol. The van der Waals surface area contributed by atoms with Crippen molar-refractivity contribution in [3.63, 3.8) is 0 Å². The first-order valence-electron chi connectivity index (χ1n) is 10.1. The number of anilines is 1. The number of hydrogen-bond acceptors (Lipinski definition) is 7. The van der Waals surface area contributed by atoms with E-state index in [0.29, 0.717) is 12.0 Å². The minimum absolute atomic E-state index is 0.285. The second-order valence-electron chi connectivity index (χ2n) is 8.04. The van der Waals surface area contributed by atoms with E-state index in [9.17, 15) is 5.11 Å². The lowest BCUT2D eigenvalue weighted by molar-refractivity contribution is 0.0637. The fraction of sp³-hybridized carbons (Fsp3) is 0.700. The lowest BCUT2D eigenvalue weighted by Crippen LogP contribution is -2.56. The van der Waals surface area contributed by atoms with Gasteiger partial charge in [0.15, 0.2) is 0 Å². The molecule has 4 rings (SSSR count). The maximum atomic E-state index is 9.40. The summed E-state index contributed by atoms with van der Waals surface area (Å²) in [4.78, 5) is 19.1. The third-order valence-corrected chi connectivity index (χ3v) is 7.12. The van der Waals surface area contributed by atoms with Gasteiger partial charge in [-0.2, -0.15) is 0 Å². The fourth-order valence-corrected chi connectivity index (χ4v) is 5.54. The summed E-state index contributed by atoms with van der Waals surface area (Å²) in [7, 11) is 2.21. The molecule has 2 atom stereocenters. The van der Waals surface area contributed by atoms with Crippen molar-refractivity contribution in [2.24, 2.45) is 5.92 Å². The maximum Gasteiger partial charge on any atom is 0.140 e. The summed E-state index contributed by atoms with van der Waals surface area (Å²) in [6.07, 6.45) is 4.86. The van der Waals surface area contributed by atoms with Crippen LogP contribution in [0.3, 0.4) is 0 Å². The normalized spacial score (nSPS) is 25.4. The number of rotatable bonds is 5. The van der Waals surface area contributed by atoms with Crippen molar-refractivity contribution in [2.75, 3.05) is 57.8 Å². The van der Waals surface area contributed by atoms with E-state index in [1.54, 1.807) is 17.7 Å². The highest BCUT2D eigenvalue weighted by atomic mass is 32.1. The molecule has 6 nitrogen and oxygen atoms in total. The van der Waals surface area contributed by atoms with Gasteiger partial charge in [-0.3, -0.25) is 4.90 Å². The molecule has 0 bridgehead atoms. The molecule has 2 aliphatic heterocycles. The van der Waals surface area contributed by atoms with Gasteiger partial charge in [0, 0.05) is 56.8 Å². The largest absolute Gasteiger partial charge is 0.396 e. The van der Waals surface area contributed by atoms with E-state index >= 15 is 0 Å². The predicted molar refractivity (Wildman–Crippen MR) is 112 cm³/mol. The second kappa shape index (κ2) is 8.39. The fourth-order valence-electron chi connectivity index (χ4n) is 4.70. The van der Waals surface area contributed by atoms with E-state index in [0.717, 1.165) is 62.8 Å². The third kappa shape index (κ3) is 4.11. The lowest BCUT2D eigenvalue weighted by Gasteiger charge is -2.46. The average Bonchev–Trinajstić information content (AvgIpc) is 3.07. The number of likely N-dealkylation sites (N-methyl/N-ethyl adjacent to an activating group) is 1. The highest BCUT2D eigenvalue weighted by molar-refractivity contribution is 7.18. The SMILES string of the molecule is Cc1cc2c(N3CC[C@H](N4CCN(C)CC4)[C@H](CCCO)C3)ncnc2s1. The molecule has 1 N–H and O–H groups in total. The van der Waals surface area contributed by atoms with Crippen LogP contribution in [0.5, 0.6) is 0 Å². The van der Waals surface area contributed by atoms with Gasteiger partial charge in [-0.15, -0.1) is 11.3 Å². The van der Waals surface area contributed by atoms with Crippen molar-refractivity contribution in [3.05, 3.63) is 17.3 Å². The van der Waals surface area contributed by atoms with E-state index in [4.69, 9.17) is 0 Å². The summed E-state index contributed by atoms with van der Waals surface area (Å²) in [6.45, 7) is 9.15. The summed E-state index contributed by atoms with van der Waals surface area (Å²) < 4.78 is 0. The van der Waals surface area contributed by atoms with E-state index in [-0.39, 0.29) is 6.61 Å². The molecule has 0 unspecified atom stereocenters. The molecule has 0 aliphatic carbocycles. The van der Waals surface area contributed by atoms with Gasteiger partial charge in [0.05, 0.1) is 5.39 Å². The van der Waals surface area contributed by atoms with Crippen molar-refractivity contribution in [1.29, 1.82) is 0 Å². The second-order valence-corrected chi connectivity index (χ2v) is 9.28. The Balaban J connectivity index is 1.53. The molecule has 0 spiro atoms. The molecule has 4 heterocycles. The number of piperazine rings is 1. The Kier molecular flexibility index (Phi) is 5.92. The number of aliphatic hydroxyl groups excluding tert-OH is 1. The maximum absolute atomic E-state index is 9.40. The quantitative estimate of drug-likeness (QED) is 0.846. The first kappa shape index (κ1) is 19.1. The Morgan fingerprint density at radius 3 is 2.78 bits per heavy atom. The van der Waals surface area contributed by atoms with Crippen molar-refractivity contribution in [3.8, 4) is 0 Å². The Morgan fingerprint density at radius 2 is 2.00 bits per heavy atom. The van der Waals surface area contributed by atoms with Crippen LogP contribution in [0.1, 0.15) is 24.1 Å². The molecule has 7 heteroatoms. The van der Waals surface area contributed by atoms with Gasteiger partial charge in [-0.05, 0) is 45.2 Å². The molecule has 0 saturated carbocycles. The summed E-state index contributed by atoms with van der Waals surface area (Å²) in [6, 6.07) is 2.85. The van der Waals surface area contributed by atoms with E-state index in [1.807, 2.05) is 0 Å². The zero-order valence-corrected chi connectivity index (χ0v) is 17.3. The Hall–Kier alpha value is -1.28. The Labute approximate surface area is 165 Å². The van der Waals surface area contributed by atoms with Crippen LogP contribution in [0.25, 0.3) is 10.2 Å². The molecule has 27 heavy (non-hydrogen) atoms. The van der Waals surface area contributed by atoms with Crippen LogP contribution in [-0.2, 0) is 0 Å². The number of hydrogen-bond donors (Lipinski definition) is 1. The molecular formula is C20H31N5OS. The molecule has 0 radical (unpaired) electrons. The third-order valence-electron chi connectivity index (χ3n) is 6.16. The monoisotopic (exact) mass is 389 g/mol. The van der Waals surface area contributed by atoms with Crippen LogP contribution in [0.15, 0.2) is 12.4 Å². The summed E-state index contributed by atoms with van der Waals surface area (Å²) in [5.74, 6) is 1.68. The number of thiophene rings is 1. The highest BCUT2D eigenvalue weighted by Gasteiger charge is 2.35. The van der Waals surface area contributed by atoms with Gasteiger partial charge in [0.1, 0.15) is 17.0 Å². The summed E-state index contributed by atoms with van der Waals surface area (Å²) in [5, 5.41) is 10.6. The molecule has 2 fully saturated rings. The molecule has 0 amide bonds. The van der Waals surface area contributed by atoms with Gasteiger partial charge in [0.25, 0.3) is 0 Å². The molecule has 148 valence electrons. The molecule has 2 saturated heterocycles. The van der Waals surface area contributed by atoms with Crippen LogP contribution < -0.4 is 4.90 Å². The van der Waals surface area contributed by atoms with Crippen LogP contribution in [0, 0.1) is 12.8 Å². The van der Waals surface area contributed by atoms with Gasteiger partial charge < -0.3 is 14.9 Å². The molecular weight excluding hydrogens is 358 g/mol. The van der Waals surface area contributed by atoms with Crippen LogP contribution in [-0.4, -0.2) is 83.8 Å². The van der Waals surface area contributed by atoms with E-state index in [1.165, 1.54) is 16.7 Å². The number of aliphatic hydroxyl groups is 1. The first-order valence-corrected chi connectivity index (χ1v) is 11.0. The highest BCUT2D eigenvalue weighted by Crippen LogP contribution is 2.34. The molecule has 2 aliphatic rings. The first-order chi connectivity index (χ1) is 13.2. The van der Waals surface area contributed by atoms with E-state index in [2.05, 4.69) is 44.7 Å². The van der Waals surface area contributed by atoms with Crippen LogP contribution in [0.4, 0.5) is 5.82 Å². The van der Waals surface area contributed by atoms with Gasteiger partial charge in [-0.1, -0.05) is 0 Å². The van der Waals surface area contributed by atoms with Crippen molar-refractivity contribution in [1.82, 2.24) is 19.8 Å². The molecule has 2 aromatic heterocycles. The minimum atomic E-state index is 0.285. The van der Waals surface area contributed by atoms with Crippen molar-refractivity contribution < 1.29 is 5.11 Å². The number of nitrogens with zero attached hydrogens (tertiary/aromatic N) is 5. The van der Waals surface area contributed by atoms with Crippen LogP contribution >= 0.6 is 11.3 Å². The predicted octanol–water partition coefficient (Wildman–Crippen LogP) is 2.21. The zero-order valence-electron chi connectivity index (χ0n) is 16.5. The standard InChI is InChI=1S/C20H31N5OS/c1-15-12-17-19(21-14-22-20(17)27-15)25-6-5-18(16(13-25)4-3-11-26)24-9-7-23(2)8-10-24/h12,14,16,18,26H,3-11,13H2,1-2H3/t16-,18+/m1/s1. The van der Waals surface area contributed by atoms with Crippen LogP contribution in [0.2, 0.25) is 0 Å². The summed E-state index contributed by atoms with van der Waals surface area (Å²) >= 11 is 1.74. The Bertz CT molecular complexity index is 758. The van der Waals surface area contributed by atoms with Gasteiger partial charge in [0.2, 0.25) is 0 Å². The number of aryl methyl sites for hydroxylation is 1.